The minimum absolute atomic E-state index is 0.00791. The van der Waals surface area contributed by atoms with E-state index in [9.17, 15) is 4.79 Å². The average Bonchev–Trinajstić information content (AvgIpc) is 3.21. The molecule has 4 rings (SSSR count). The second-order valence-corrected chi connectivity index (χ2v) is 9.12. The second-order valence-electron chi connectivity index (χ2n) is 8.71. The van der Waals surface area contributed by atoms with Crippen LogP contribution in [0.3, 0.4) is 0 Å². The maximum atomic E-state index is 12.2. The number of aromatic nitrogens is 2. The number of fused-ring (bicyclic) bond motifs is 1. The highest BCUT2D eigenvalue weighted by Crippen LogP contribution is 2.20. The van der Waals surface area contributed by atoms with Gasteiger partial charge in [0.1, 0.15) is 18.2 Å². The third-order valence-electron chi connectivity index (χ3n) is 6.11. The maximum absolute atomic E-state index is 12.2. The molecule has 6 heteroatoms. The van der Waals surface area contributed by atoms with Gasteiger partial charge in [0.15, 0.2) is 0 Å². The molecule has 1 N–H and O–H groups in total. The van der Waals surface area contributed by atoms with E-state index in [0.717, 1.165) is 66.0 Å². The molecule has 0 fully saturated rings. The summed E-state index contributed by atoms with van der Waals surface area (Å²) < 4.78 is 8.32. The summed E-state index contributed by atoms with van der Waals surface area (Å²) in [6.07, 6.45) is 4.18. The number of nitrogens with one attached hydrogen (secondary N) is 1. The number of carbonyl (C=O) groups is 1. The molecule has 0 saturated carbocycles. The third kappa shape index (κ3) is 6.86. The van der Waals surface area contributed by atoms with Gasteiger partial charge in [0, 0.05) is 18.0 Å². The molecule has 0 radical (unpaired) electrons. The van der Waals surface area contributed by atoms with Gasteiger partial charge < -0.3 is 14.6 Å². The van der Waals surface area contributed by atoms with Gasteiger partial charge in [-0.2, -0.15) is 0 Å². The van der Waals surface area contributed by atoms with Gasteiger partial charge in [-0.15, -0.1) is 0 Å². The number of aryl methyl sites for hydroxylation is 2. The summed E-state index contributed by atoms with van der Waals surface area (Å²) in [6.45, 7) is 4.08. The first-order valence-electron chi connectivity index (χ1n) is 12.2. The summed E-state index contributed by atoms with van der Waals surface area (Å²) in [6, 6.07) is 23.8. The predicted octanol–water partition coefficient (Wildman–Crippen LogP) is 6.15. The summed E-state index contributed by atoms with van der Waals surface area (Å²) >= 11 is 6.15. The van der Waals surface area contributed by atoms with Crippen LogP contribution >= 0.6 is 11.6 Å². The molecular weight excluding hydrogens is 458 g/mol. The molecule has 0 aliphatic rings. The fourth-order valence-electron chi connectivity index (χ4n) is 4.22. The summed E-state index contributed by atoms with van der Waals surface area (Å²) in [4.78, 5) is 17.1. The highest BCUT2D eigenvalue weighted by atomic mass is 35.5. The van der Waals surface area contributed by atoms with Crippen molar-refractivity contribution < 1.29 is 9.53 Å². The molecule has 3 aromatic carbocycles. The smallest absolute Gasteiger partial charge is 0.224 e. The Morgan fingerprint density at radius 1 is 0.971 bits per heavy atom. The Labute approximate surface area is 212 Å². The molecule has 0 bridgehead atoms. The third-order valence-corrected chi connectivity index (χ3v) is 6.48. The lowest BCUT2D eigenvalue weighted by Crippen LogP contribution is -2.26. The summed E-state index contributed by atoms with van der Waals surface area (Å²) in [5, 5.41) is 3.64. The molecule has 182 valence electrons. The van der Waals surface area contributed by atoms with Crippen LogP contribution in [0.4, 0.5) is 0 Å². The SMILES string of the molecule is Cc1ccccc1OCCn1c(CCCCCNC(=O)Cc2ccccc2Cl)nc2ccccc21. The lowest BCUT2D eigenvalue weighted by molar-refractivity contribution is -0.120. The molecule has 0 aliphatic carbocycles. The molecule has 0 saturated heterocycles. The number of unbranched alkanes of at least 4 members (excludes halogenated alkanes) is 2. The molecule has 1 aromatic heterocycles. The van der Waals surface area contributed by atoms with E-state index in [2.05, 4.69) is 41.1 Å². The number of ether oxygens (including phenoxy) is 1. The van der Waals surface area contributed by atoms with Crippen molar-refractivity contribution >= 4 is 28.5 Å². The molecular formula is C29H32ClN3O2. The van der Waals surface area contributed by atoms with Crippen LogP contribution in [0.15, 0.2) is 72.8 Å². The van der Waals surface area contributed by atoms with Crippen molar-refractivity contribution in [3.63, 3.8) is 0 Å². The number of halogens is 1. The van der Waals surface area contributed by atoms with E-state index in [0.29, 0.717) is 24.6 Å². The molecule has 1 heterocycles. The van der Waals surface area contributed by atoms with Crippen LogP contribution in [0.2, 0.25) is 5.02 Å². The first-order valence-corrected chi connectivity index (χ1v) is 12.6. The van der Waals surface area contributed by atoms with Gasteiger partial charge in [0.2, 0.25) is 5.91 Å². The van der Waals surface area contributed by atoms with Crippen molar-refractivity contribution in [3.8, 4) is 5.75 Å². The maximum Gasteiger partial charge on any atom is 0.224 e. The second kappa shape index (κ2) is 12.4. The fraction of sp³-hybridized carbons (Fsp3) is 0.310. The topological polar surface area (TPSA) is 56.1 Å². The van der Waals surface area contributed by atoms with Crippen molar-refractivity contribution in [1.29, 1.82) is 0 Å². The fourth-order valence-corrected chi connectivity index (χ4v) is 4.42. The molecule has 0 atom stereocenters. The number of para-hydroxylation sites is 3. The van der Waals surface area contributed by atoms with Gasteiger partial charge >= 0.3 is 0 Å². The van der Waals surface area contributed by atoms with Gasteiger partial charge in [-0.05, 0) is 55.2 Å². The molecule has 0 spiro atoms. The van der Waals surface area contributed by atoms with Crippen LogP contribution in [-0.2, 0) is 24.2 Å². The minimum Gasteiger partial charge on any atom is -0.491 e. The number of imidazole rings is 1. The summed E-state index contributed by atoms with van der Waals surface area (Å²) in [5.41, 5.74) is 4.16. The minimum atomic E-state index is 0.00791. The van der Waals surface area contributed by atoms with Crippen LogP contribution in [0.1, 0.15) is 36.2 Å². The number of hydrogen-bond donors (Lipinski definition) is 1. The van der Waals surface area contributed by atoms with Crippen LogP contribution in [-0.4, -0.2) is 28.6 Å². The Morgan fingerprint density at radius 3 is 2.60 bits per heavy atom. The van der Waals surface area contributed by atoms with E-state index in [-0.39, 0.29) is 5.91 Å². The average molecular weight is 490 g/mol. The summed E-state index contributed by atoms with van der Waals surface area (Å²) in [7, 11) is 0. The van der Waals surface area contributed by atoms with E-state index in [1.54, 1.807) is 0 Å². The van der Waals surface area contributed by atoms with E-state index in [4.69, 9.17) is 21.3 Å². The molecule has 35 heavy (non-hydrogen) atoms. The number of carbonyl (C=O) groups excluding carboxylic acids is 1. The predicted molar refractivity (Wildman–Crippen MR) is 142 cm³/mol. The molecule has 4 aromatic rings. The van der Waals surface area contributed by atoms with Crippen LogP contribution < -0.4 is 10.1 Å². The van der Waals surface area contributed by atoms with Gasteiger partial charge in [0.25, 0.3) is 0 Å². The summed E-state index contributed by atoms with van der Waals surface area (Å²) in [5.74, 6) is 2.02. The van der Waals surface area contributed by atoms with Crippen molar-refractivity contribution in [2.45, 2.75) is 45.6 Å². The number of amides is 1. The highest BCUT2D eigenvalue weighted by Gasteiger charge is 2.11. The number of benzene rings is 3. The first kappa shape index (κ1) is 24.8. The van der Waals surface area contributed by atoms with E-state index >= 15 is 0 Å². The normalized spacial score (nSPS) is 11.0. The lowest BCUT2D eigenvalue weighted by Gasteiger charge is -2.12. The van der Waals surface area contributed by atoms with Gasteiger partial charge in [-0.3, -0.25) is 4.79 Å². The zero-order valence-electron chi connectivity index (χ0n) is 20.2. The van der Waals surface area contributed by atoms with E-state index < -0.39 is 0 Å². The largest absolute Gasteiger partial charge is 0.491 e. The standard InChI is InChI=1S/C29H32ClN3O2/c1-22-11-4-9-16-27(22)35-20-19-33-26-15-8-7-14-25(26)32-28(33)17-3-2-10-18-31-29(34)21-23-12-5-6-13-24(23)30/h4-9,11-16H,2-3,10,17-21H2,1H3,(H,31,34). The number of nitrogens with zero attached hydrogens (tertiary/aromatic N) is 2. The Kier molecular flexibility index (Phi) is 8.79. The Balaban J connectivity index is 1.24. The molecule has 5 nitrogen and oxygen atoms in total. The highest BCUT2D eigenvalue weighted by molar-refractivity contribution is 6.31. The Bertz CT molecular complexity index is 1270. The van der Waals surface area contributed by atoms with Crippen molar-refractivity contribution in [1.82, 2.24) is 14.9 Å². The van der Waals surface area contributed by atoms with E-state index in [1.807, 2.05) is 48.5 Å². The first-order chi connectivity index (χ1) is 17.1. The van der Waals surface area contributed by atoms with Crippen LogP contribution in [0, 0.1) is 6.92 Å². The number of hydrogen-bond acceptors (Lipinski definition) is 3. The van der Waals surface area contributed by atoms with Gasteiger partial charge in [-0.25, -0.2) is 4.98 Å². The molecule has 1 amide bonds. The lowest BCUT2D eigenvalue weighted by atomic mass is 10.1. The quantitative estimate of drug-likeness (QED) is 0.243. The zero-order valence-corrected chi connectivity index (χ0v) is 20.9. The van der Waals surface area contributed by atoms with Crippen molar-refractivity contribution in [2.24, 2.45) is 0 Å². The van der Waals surface area contributed by atoms with Gasteiger partial charge in [0.05, 0.1) is 24.0 Å². The Hall–Kier alpha value is -3.31. The number of rotatable bonds is 12. The van der Waals surface area contributed by atoms with E-state index in [1.165, 1.54) is 0 Å². The van der Waals surface area contributed by atoms with Crippen LogP contribution in [0.5, 0.6) is 5.75 Å². The Morgan fingerprint density at radius 2 is 1.74 bits per heavy atom. The monoisotopic (exact) mass is 489 g/mol. The molecule has 0 aliphatic heterocycles. The van der Waals surface area contributed by atoms with Crippen molar-refractivity contribution in [3.05, 3.63) is 94.8 Å². The van der Waals surface area contributed by atoms with Gasteiger partial charge in [-0.1, -0.05) is 66.6 Å². The zero-order chi connectivity index (χ0) is 24.5. The van der Waals surface area contributed by atoms with Crippen molar-refractivity contribution in [2.75, 3.05) is 13.2 Å². The van der Waals surface area contributed by atoms with Crippen LogP contribution in [0.25, 0.3) is 11.0 Å². The molecule has 0 unspecified atom stereocenters.